The van der Waals surface area contributed by atoms with Crippen molar-refractivity contribution in [3.05, 3.63) is 21.9 Å². The van der Waals surface area contributed by atoms with Crippen LogP contribution in [0.4, 0.5) is 0 Å². The predicted molar refractivity (Wildman–Crippen MR) is 76.1 cm³/mol. The molecule has 0 atom stereocenters. The molecule has 1 heterocycles. The summed E-state index contributed by atoms with van der Waals surface area (Å²) < 4.78 is 0. The molecule has 102 valence electrons. The first-order chi connectivity index (χ1) is 8.62. The number of aliphatic hydroxyl groups is 1. The lowest BCUT2D eigenvalue weighted by Crippen LogP contribution is -2.39. The second-order valence-corrected chi connectivity index (χ2v) is 5.59. The number of thiophene rings is 1. The Balaban J connectivity index is 2.66. The largest absolute Gasteiger partial charge is 0.396 e. The van der Waals surface area contributed by atoms with E-state index >= 15 is 0 Å². The Kier molecular flexibility index (Phi) is 5.82. The third kappa shape index (κ3) is 3.33. The van der Waals surface area contributed by atoms with Crippen LogP contribution in [0.5, 0.6) is 0 Å². The van der Waals surface area contributed by atoms with Crippen molar-refractivity contribution in [2.24, 2.45) is 5.41 Å². The highest BCUT2D eigenvalue weighted by molar-refractivity contribution is 7.12. The molecule has 0 saturated carbocycles. The minimum absolute atomic E-state index is 0.0124. The highest BCUT2D eigenvalue weighted by atomic mass is 32.1. The van der Waals surface area contributed by atoms with Gasteiger partial charge in [-0.1, -0.05) is 20.8 Å². The second kappa shape index (κ2) is 6.90. The SMILES string of the molecule is CCc1ccsc1C(=O)NCC(CC)(CC)CO. The molecule has 0 saturated heterocycles. The van der Waals surface area contributed by atoms with Gasteiger partial charge in [0.05, 0.1) is 11.5 Å². The minimum Gasteiger partial charge on any atom is -0.396 e. The number of hydrogen-bond acceptors (Lipinski definition) is 3. The van der Waals surface area contributed by atoms with Gasteiger partial charge in [0.2, 0.25) is 0 Å². The van der Waals surface area contributed by atoms with Gasteiger partial charge in [-0.25, -0.2) is 0 Å². The van der Waals surface area contributed by atoms with Crippen LogP contribution < -0.4 is 5.32 Å². The topological polar surface area (TPSA) is 49.3 Å². The minimum atomic E-state index is -0.181. The fourth-order valence-electron chi connectivity index (χ4n) is 1.94. The van der Waals surface area contributed by atoms with Crippen LogP contribution >= 0.6 is 11.3 Å². The van der Waals surface area contributed by atoms with Crippen LogP contribution in [0.25, 0.3) is 0 Å². The van der Waals surface area contributed by atoms with Crippen molar-refractivity contribution in [3.63, 3.8) is 0 Å². The molecule has 0 radical (unpaired) electrons. The summed E-state index contributed by atoms with van der Waals surface area (Å²) in [5.74, 6) is -0.0124. The molecule has 4 heteroatoms. The van der Waals surface area contributed by atoms with Gasteiger partial charge in [-0.3, -0.25) is 4.79 Å². The Labute approximate surface area is 113 Å². The van der Waals surface area contributed by atoms with Crippen LogP contribution in [0.3, 0.4) is 0 Å². The van der Waals surface area contributed by atoms with Crippen molar-refractivity contribution in [3.8, 4) is 0 Å². The average molecular weight is 269 g/mol. The summed E-state index contributed by atoms with van der Waals surface area (Å²) in [5.41, 5.74) is 0.916. The molecule has 1 aromatic rings. The summed E-state index contributed by atoms with van der Waals surface area (Å²) in [6, 6.07) is 2.00. The quantitative estimate of drug-likeness (QED) is 0.799. The Bertz CT molecular complexity index is 375. The Morgan fingerprint density at radius 1 is 1.39 bits per heavy atom. The van der Waals surface area contributed by atoms with Crippen molar-refractivity contribution in [2.45, 2.75) is 40.0 Å². The third-order valence-corrected chi connectivity index (χ3v) is 4.75. The van der Waals surface area contributed by atoms with Crippen LogP contribution in [0.2, 0.25) is 0 Å². The van der Waals surface area contributed by atoms with Gasteiger partial charge in [0.25, 0.3) is 5.91 Å². The van der Waals surface area contributed by atoms with E-state index in [4.69, 9.17) is 0 Å². The van der Waals surface area contributed by atoms with Gasteiger partial charge >= 0.3 is 0 Å². The van der Waals surface area contributed by atoms with Crippen LogP contribution in [0.15, 0.2) is 11.4 Å². The van der Waals surface area contributed by atoms with E-state index in [1.807, 2.05) is 11.4 Å². The van der Waals surface area contributed by atoms with E-state index in [1.165, 1.54) is 11.3 Å². The van der Waals surface area contributed by atoms with E-state index in [-0.39, 0.29) is 17.9 Å². The molecule has 0 spiro atoms. The number of aliphatic hydroxyl groups excluding tert-OH is 1. The van der Waals surface area contributed by atoms with E-state index in [1.54, 1.807) is 0 Å². The first kappa shape index (κ1) is 15.2. The summed E-state index contributed by atoms with van der Waals surface area (Å²) in [7, 11) is 0. The maximum Gasteiger partial charge on any atom is 0.261 e. The van der Waals surface area contributed by atoms with E-state index < -0.39 is 0 Å². The van der Waals surface area contributed by atoms with Crippen LogP contribution in [0, 0.1) is 5.41 Å². The van der Waals surface area contributed by atoms with Crippen molar-refractivity contribution < 1.29 is 9.90 Å². The molecule has 0 aromatic carbocycles. The van der Waals surface area contributed by atoms with E-state index in [9.17, 15) is 9.90 Å². The maximum atomic E-state index is 12.1. The average Bonchev–Trinajstić information content (AvgIpc) is 2.89. The number of carbonyl (C=O) groups excluding carboxylic acids is 1. The van der Waals surface area contributed by atoms with Crippen LogP contribution in [0.1, 0.15) is 48.8 Å². The molecule has 2 N–H and O–H groups in total. The molecule has 1 amide bonds. The third-order valence-electron chi connectivity index (χ3n) is 3.79. The molecule has 0 bridgehead atoms. The van der Waals surface area contributed by atoms with E-state index in [0.717, 1.165) is 29.7 Å². The molecule has 18 heavy (non-hydrogen) atoms. The van der Waals surface area contributed by atoms with Crippen LogP contribution in [-0.4, -0.2) is 24.2 Å². The zero-order valence-corrected chi connectivity index (χ0v) is 12.3. The van der Waals surface area contributed by atoms with E-state index in [2.05, 4.69) is 26.1 Å². The van der Waals surface area contributed by atoms with Crippen LogP contribution in [-0.2, 0) is 6.42 Å². The number of carbonyl (C=O) groups is 1. The molecule has 1 rings (SSSR count). The van der Waals surface area contributed by atoms with Gasteiger partial charge in [-0.15, -0.1) is 11.3 Å². The molecule has 0 unspecified atom stereocenters. The number of nitrogens with one attached hydrogen (secondary N) is 1. The number of aryl methyl sites for hydroxylation is 1. The monoisotopic (exact) mass is 269 g/mol. The van der Waals surface area contributed by atoms with Gasteiger partial charge < -0.3 is 10.4 Å². The molecule has 3 nitrogen and oxygen atoms in total. The highest BCUT2D eigenvalue weighted by Crippen LogP contribution is 2.25. The standard InChI is InChI=1S/C14H23NO2S/c1-4-11-7-8-18-12(11)13(17)15-9-14(5-2,6-3)10-16/h7-8,16H,4-6,9-10H2,1-3H3,(H,15,17). The molecule has 1 aromatic heterocycles. The van der Waals surface area contributed by atoms with Gasteiger partial charge in [-0.2, -0.15) is 0 Å². The zero-order valence-electron chi connectivity index (χ0n) is 11.5. The highest BCUT2D eigenvalue weighted by Gasteiger charge is 2.26. The van der Waals surface area contributed by atoms with Gasteiger partial charge in [0.15, 0.2) is 0 Å². The maximum absolute atomic E-state index is 12.1. The van der Waals surface area contributed by atoms with Crippen molar-refractivity contribution >= 4 is 17.2 Å². The summed E-state index contributed by atoms with van der Waals surface area (Å²) in [5, 5.41) is 14.4. The molecule has 0 aliphatic rings. The molecule has 0 aliphatic heterocycles. The Morgan fingerprint density at radius 3 is 2.56 bits per heavy atom. The molecular formula is C14H23NO2S. The lowest BCUT2D eigenvalue weighted by Gasteiger charge is -2.29. The summed E-state index contributed by atoms with van der Waals surface area (Å²) in [6.07, 6.45) is 2.61. The van der Waals surface area contributed by atoms with Crippen molar-refractivity contribution in [1.82, 2.24) is 5.32 Å². The zero-order chi connectivity index (χ0) is 13.6. The fraction of sp³-hybridized carbons (Fsp3) is 0.643. The molecular weight excluding hydrogens is 246 g/mol. The number of rotatable bonds is 7. The first-order valence-electron chi connectivity index (χ1n) is 6.57. The molecule has 0 fully saturated rings. The van der Waals surface area contributed by atoms with E-state index in [0.29, 0.717) is 6.54 Å². The molecule has 0 aliphatic carbocycles. The van der Waals surface area contributed by atoms with Gasteiger partial charge in [-0.05, 0) is 36.3 Å². The van der Waals surface area contributed by atoms with Gasteiger partial charge in [0, 0.05) is 12.0 Å². The number of amides is 1. The fourth-order valence-corrected chi connectivity index (χ4v) is 2.85. The predicted octanol–water partition coefficient (Wildman–Crippen LogP) is 2.84. The Morgan fingerprint density at radius 2 is 2.06 bits per heavy atom. The van der Waals surface area contributed by atoms with Crippen molar-refractivity contribution in [2.75, 3.05) is 13.2 Å². The van der Waals surface area contributed by atoms with Crippen molar-refractivity contribution in [1.29, 1.82) is 0 Å². The second-order valence-electron chi connectivity index (χ2n) is 4.68. The Hall–Kier alpha value is -0.870. The summed E-state index contributed by atoms with van der Waals surface area (Å²) in [4.78, 5) is 12.9. The smallest absolute Gasteiger partial charge is 0.261 e. The normalized spacial score (nSPS) is 11.6. The lowest BCUT2D eigenvalue weighted by atomic mass is 9.83. The lowest BCUT2D eigenvalue weighted by molar-refractivity contribution is 0.0854. The summed E-state index contributed by atoms with van der Waals surface area (Å²) >= 11 is 1.48. The van der Waals surface area contributed by atoms with Gasteiger partial charge in [0.1, 0.15) is 0 Å². The number of hydrogen-bond donors (Lipinski definition) is 2. The summed E-state index contributed by atoms with van der Waals surface area (Å²) in [6.45, 7) is 6.81. The first-order valence-corrected chi connectivity index (χ1v) is 7.45.